The predicted molar refractivity (Wildman–Crippen MR) is 205 cm³/mol. The second-order valence-electron chi connectivity index (χ2n) is 20.3. The summed E-state index contributed by atoms with van der Waals surface area (Å²) in [4.78, 5) is 15.1. The molecule has 11 heteroatoms. The molecule has 0 aromatic rings. The van der Waals surface area contributed by atoms with Gasteiger partial charge in [0.15, 0.2) is 28.0 Å². The van der Waals surface area contributed by atoms with Crippen LogP contribution in [0.1, 0.15) is 100 Å². The molecule has 52 heavy (non-hydrogen) atoms. The maximum Gasteiger partial charge on any atom is 0.316 e. The minimum atomic E-state index is -2.35. The molecule has 7 aliphatic rings. The molecule has 1 aliphatic carbocycles. The molecule has 0 N–H and O–H groups in total. The molecule has 5 saturated heterocycles. The first-order chi connectivity index (χ1) is 24.1. The van der Waals surface area contributed by atoms with E-state index in [-0.39, 0.29) is 59.2 Å². The van der Waals surface area contributed by atoms with Crippen molar-refractivity contribution in [3.63, 3.8) is 0 Å². The van der Waals surface area contributed by atoms with Crippen LogP contribution in [0, 0.1) is 17.8 Å². The van der Waals surface area contributed by atoms with Crippen LogP contribution in [-0.2, 0) is 42.1 Å². The highest BCUT2D eigenvalue weighted by molar-refractivity contribution is 6.74. The molecule has 0 radical (unpaired) electrons. The van der Waals surface area contributed by atoms with Crippen LogP contribution in [0.5, 0.6) is 0 Å². The molecular weight excluding hydrogens is 693 g/mol. The number of carbonyl (C=O) groups is 1. The average Bonchev–Trinajstić information content (AvgIpc) is 3.86. The van der Waals surface area contributed by atoms with Crippen molar-refractivity contribution < 1.29 is 42.1 Å². The number of epoxide rings is 2. The van der Waals surface area contributed by atoms with Gasteiger partial charge in [-0.15, -0.1) is 0 Å². The first-order valence-electron chi connectivity index (χ1n) is 20.3. The zero-order valence-electron chi connectivity index (χ0n) is 34.3. The summed E-state index contributed by atoms with van der Waals surface area (Å²) in [6.07, 6.45) is 10.5. The van der Waals surface area contributed by atoms with Crippen molar-refractivity contribution in [2.75, 3.05) is 6.61 Å². The molecule has 7 rings (SSSR count). The lowest BCUT2D eigenvalue weighted by Gasteiger charge is -2.52. The van der Waals surface area contributed by atoms with E-state index in [2.05, 4.69) is 106 Å². The molecule has 0 aromatic carbocycles. The molecule has 6 aliphatic heterocycles. The molecule has 2 bridgehead atoms. The van der Waals surface area contributed by atoms with E-state index in [0.29, 0.717) is 25.4 Å². The van der Waals surface area contributed by atoms with E-state index in [1.165, 1.54) is 0 Å². The van der Waals surface area contributed by atoms with E-state index >= 15 is 4.79 Å². The van der Waals surface area contributed by atoms with Crippen LogP contribution in [0.25, 0.3) is 0 Å². The van der Waals surface area contributed by atoms with Gasteiger partial charge in [-0.25, -0.2) is 0 Å². The van der Waals surface area contributed by atoms with Crippen molar-refractivity contribution in [1.29, 1.82) is 0 Å². The monoisotopic (exact) mass is 760 g/mol. The minimum absolute atomic E-state index is 0.0175. The molecule has 294 valence electrons. The molecule has 9 nitrogen and oxygen atoms in total. The van der Waals surface area contributed by atoms with Gasteiger partial charge >= 0.3 is 5.97 Å². The second kappa shape index (κ2) is 13.1. The fraction of sp³-hybridized carbons (Fsp3) is 0.878. The zero-order chi connectivity index (χ0) is 37.9. The standard InChI is InChI=1S/C41H68O9Si2/c1-14-31-26(3)17-18-39(46-31)23-29-20-28(45-39)21-33-38(8,47-33)22-25(2)15-16-32-40(48-32)24-43-35-34(49-52(12,13)37(5,6)7)27(4)19-30(36(42)44-29)41(35,40)50-51(9,10)11/h15-16,19,25-26,28-35H,14,17-18,20-24H2,1-13H3/b16-15-/t25-,26-,28-,29-,30-,31+,32+,33+,34+,35+,38-,39+,40+,41+/m0/s1. The number of ether oxygens (including phenoxy) is 6. The van der Waals surface area contributed by atoms with Crippen molar-refractivity contribution in [3.05, 3.63) is 23.8 Å². The van der Waals surface area contributed by atoms with E-state index in [4.69, 9.17) is 37.3 Å². The van der Waals surface area contributed by atoms with Gasteiger partial charge in [0.1, 0.15) is 29.8 Å². The zero-order valence-corrected chi connectivity index (χ0v) is 36.3. The second-order valence-corrected chi connectivity index (χ2v) is 29.5. The number of esters is 1. The summed E-state index contributed by atoms with van der Waals surface area (Å²) in [5.41, 5.74) is -1.22. The number of carbonyl (C=O) groups excluding carboxylic acids is 1. The Morgan fingerprint density at radius 3 is 2.37 bits per heavy atom. The molecule has 0 unspecified atom stereocenters. The van der Waals surface area contributed by atoms with Crippen molar-refractivity contribution in [3.8, 4) is 0 Å². The fourth-order valence-corrected chi connectivity index (χ4v) is 12.7. The average molecular weight is 761 g/mol. The third-order valence-corrected chi connectivity index (χ3v) is 19.2. The van der Waals surface area contributed by atoms with E-state index in [9.17, 15) is 0 Å². The topological polar surface area (TPSA) is 97.5 Å². The minimum Gasteiger partial charge on any atom is -0.462 e. The van der Waals surface area contributed by atoms with Crippen LogP contribution in [0.3, 0.4) is 0 Å². The summed E-state index contributed by atoms with van der Waals surface area (Å²) < 4.78 is 55.4. The summed E-state index contributed by atoms with van der Waals surface area (Å²) in [6.45, 7) is 29.2. The van der Waals surface area contributed by atoms with E-state index in [1.54, 1.807) is 0 Å². The maximum absolute atomic E-state index is 15.1. The van der Waals surface area contributed by atoms with Crippen LogP contribution in [-0.4, -0.2) is 94.5 Å². The van der Waals surface area contributed by atoms with E-state index < -0.39 is 45.6 Å². The molecule has 2 spiro atoms. The van der Waals surface area contributed by atoms with Crippen LogP contribution in [0.4, 0.5) is 0 Å². The highest BCUT2D eigenvalue weighted by Crippen LogP contribution is 2.63. The van der Waals surface area contributed by atoms with E-state index in [1.807, 2.05) is 0 Å². The lowest BCUT2D eigenvalue weighted by atomic mass is 9.67. The molecule has 14 atom stereocenters. The first kappa shape index (κ1) is 39.3. The summed E-state index contributed by atoms with van der Waals surface area (Å²) in [6, 6.07) is 0. The van der Waals surface area contributed by atoms with Gasteiger partial charge in [-0.1, -0.05) is 59.8 Å². The lowest BCUT2D eigenvalue weighted by molar-refractivity contribution is -0.336. The normalized spacial score (nSPS) is 48.6. The Morgan fingerprint density at radius 1 is 0.962 bits per heavy atom. The maximum atomic E-state index is 15.1. The van der Waals surface area contributed by atoms with Crippen molar-refractivity contribution >= 4 is 22.6 Å². The number of hydrogen-bond acceptors (Lipinski definition) is 9. The van der Waals surface area contributed by atoms with E-state index in [0.717, 1.165) is 37.7 Å². The Hall–Kier alpha value is -0.896. The molecule has 0 aromatic heterocycles. The van der Waals surface area contributed by atoms with Gasteiger partial charge in [0.2, 0.25) is 0 Å². The van der Waals surface area contributed by atoms with Crippen LogP contribution >= 0.6 is 0 Å². The molecule has 0 amide bonds. The molecule has 6 heterocycles. The van der Waals surface area contributed by atoms with Gasteiger partial charge in [-0.3, -0.25) is 4.79 Å². The third-order valence-electron chi connectivity index (χ3n) is 13.8. The van der Waals surface area contributed by atoms with Crippen molar-refractivity contribution in [2.24, 2.45) is 17.8 Å². The fourth-order valence-electron chi connectivity index (χ4n) is 10.00. The number of rotatable bonds is 5. The summed E-state index contributed by atoms with van der Waals surface area (Å²) in [7, 11) is -4.63. The highest BCUT2D eigenvalue weighted by atomic mass is 28.4. The number of hydrogen-bond donors (Lipinski definition) is 0. The largest absolute Gasteiger partial charge is 0.462 e. The summed E-state index contributed by atoms with van der Waals surface area (Å²) in [5, 5.41) is -0.0175. The number of allylic oxidation sites excluding steroid dienone is 1. The Balaban J connectivity index is 1.32. The van der Waals surface area contributed by atoms with Gasteiger partial charge < -0.3 is 37.3 Å². The molecular formula is C41H68O9Si2. The Labute approximate surface area is 315 Å². The van der Waals surface area contributed by atoms with Gasteiger partial charge in [-0.2, -0.15) is 0 Å². The summed E-state index contributed by atoms with van der Waals surface area (Å²) >= 11 is 0. The molecule has 0 saturated carbocycles. The quantitative estimate of drug-likeness (QED) is 0.119. The Kier molecular flexibility index (Phi) is 9.90. The van der Waals surface area contributed by atoms with Crippen molar-refractivity contribution in [1.82, 2.24) is 0 Å². The SMILES string of the molecule is CC[C@H]1O[C@]2(CC[C@@H]1C)C[C@@H]1C[C@@H](C[C@H]3O[C@@]3(C)C[C@@H](C)/C=C\[C@H]3O[C@]34CO[C@@H]3[C@H](O[Si](C)(C)C(C)(C)C)C(C)=C[C@@H](C(=O)O1)[C@@]34O[Si](C)(C)C)O2. The van der Waals surface area contributed by atoms with Gasteiger partial charge in [0, 0.05) is 25.7 Å². The molecule has 5 fully saturated rings. The summed E-state index contributed by atoms with van der Waals surface area (Å²) in [5.74, 6) is -1.10. The smallest absolute Gasteiger partial charge is 0.316 e. The van der Waals surface area contributed by atoms with Gasteiger partial charge in [0.05, 0.1) is 36.6 Å². The van der Waals surface area contributed by atoms with Gasteiger partial charge in [-0.05, 0) is 88.3 Å². The first-order valence-corrected chi connectivity index (χ1v) is 26.7. The van der Waals surface area contributed by atoms with Crippen molar-refractivity contribution in [2.45, 2.75) is 203 Å². The Bertz CT molecular complexity index is 1450. The number of fused-ring (bicyclic) bond motifs is 3. The third kappa shape index (κ3) is 6.82. The Morgan fingerprint density at radius 2 is 1.69 bits per heavy atom. The van der Waals surface area contributed by atoms with Gasteiger partial charge in [0.25, 0.3) is 0 Å². The highest BCUT2D eigenvalue weighted by Gasteiger charge is 2.81. The van der Waals surface area contributed by atoms with Crippen LogP contribution in [0.2, 0.25) is 37.8 Å². The lowest BCUT2D eigenvalue weighted by Crippen LogP contribution is -2.68. The van der Waals surface area contributed by atoms with Crippen LogP contribution < -0.4 is 0 Å². The predicted octanol–water partition coefficient (Wildman–Crippen LogP) is 8.24. The van der Waals surface area contributed by atoms with Crippen LogP contribution in [0.15, 0.2) is 23.8 Å².